The zero-order chi connectivity index (χ0) is 9.97. The maximum Gasteiger partial charge on any atom is 0.315 e. The SMILES string of the molecule is CO/C=C1\OC(=O)Cc2ccccc21. The molecule has 3 heteroatoms. The summed E-state index contributed by atoms with van der Waals surface area (Å²) in [5.74, 6) is 0.242. The van der Waals surface area contributed by atoms with Crippen LogP contribution in [0.15, 0.2) is 30.5 Å². The highest BCUT2D eigenvalue weighted by Gasteiger charge is 2.21. The van der Waals surface area contributed by atoms with Gasteiger partial charge in [-0.1, -0.05) is 24.3 Å². The molecule has 1 heterocycles. The van der Waals surface area contributed by atoms with Gasteiger partial charge in [0.1, 0.15) is 6.26 Å². The Morgan fingerprint density at radius 1 is 1.43 bits per heavy atom. The number of hydrogen-bond donors (Lipinski definition) is 0. The second-order valence-corrected chi connectivity index (χ2v) is 3.03. The van der Waals surface area contributed by atoms with Gasteiger partial charge in [0, 0.05) is 5.56 Å². The Kier molecular flexibility index (Phi) is 2.23. The minimum absolute atomic E-state index is 0.244. The van der Waals surface area contributed by atoms with Crippen LogP contribution in [0.4, 0.5) is 0 Å². The molecule has 0 atom stereocenters. The zero-order valence-electron chi connectivity index (χ0n) is 7.82. The summed E-state index contributed by atoms with van der Waals surface area (Å²) in [5.41, 5.74) is 1.90. The number of fused-ring (bicyclic) bond motifs is 1. The average molecular weight is 190 g/mol. The van der Waals surface area contributed by atoms with Crippen LogP contribution in [-0.2, 0) is 20.7 Å². The van der Waals surface area contributed by atoms with E-state index in [0.29, 0.717) is 12.2 Å². The molecule has 0 spiro atoms. The van der Waals surface area contributed by atoms with Gasteiger partial charge < -0.3 is 9.47 Å². The molecule has 0 bridgehead atoms. The molecule has 1 aliphatic rings. The van der Waals surface area contributed by atoms with Crippen LogP contribution in [0.5, 0.6) is 0 Å². The summed E-state index contributed by atoms with van der Waals surface area (Å²) >= 11 is 0. The van der Waals surface area contributed by atoms with Crippen molar-refractivity contribution in [2.45, 2.75) is 6.42 Å². The van der Waals surface area contributed by atoms with Gasteiger partial charge in [0.25, 0.3) is 0 Å². The van der Waals surface area contributed by atoms with Gasteiger partial charge in [-0.05, 0) is 5.56 Å². The van der Waals surface area contributed by atoms with Crippen LogP contribution in [0.1, 0.15) is 11.1 Å². The summed E-state index contributed by atoms with van der Waals surface area (Å²) in [5, 5.41) is 0. The van der Waals surface area contributed by atoms with E-state index in [1.165, 1.54) is 13.4 Å². The number of esters is 1. The third-order valence-corrected chi connectivity index (χ3v) is 2.07. The van der Waals surface area contributed by atoms with Crippen molar-refractivity contribution in [1.29, 1.82) is 0 Å². The quantitative estimate of drug-likeness (QED) is 0.499. The third-order valence-electron chi connectivity index (χ3n) is 2.07. The highest BCUT2D eigenvalue weighted by Crippen LogP contribution is 2.26. The third kappa shape index (κ3) is 1.48. The highest BCUT2D eigenvalue weighted by atomic mass is 16.6. The first-order valence-corrected chi connectivity index (χ1v) is 4.33. The molecule has 0 unspecified atom stereocenters. The Hall–Kier alpha value is -1.77. The van der Waals surface area contributed by atoms with E-state index in [1.54, 1.807) is 0 Å². The lowest BCUT2D eigenvalue weighted by Gasteiger charge is -2.17. The van der Waals surface area contributed by atoms with E-state index < -0.39 is 0 Å². The maximum atomic E-state index is 11.2. The molecule has 0 saturated heterocycles. The molecule has 14 heavy (non-hydrogen) atoms. The summed E-state index contributed by atoms with van der Waals surface area (Å²) < 4.78 is 9.90. The van der Waals surface area contributed by atoms with Crippen molar-refractivity contribution in [3.8, 4) is 0 Å². The number of rotatable bonds is 1. The van der Waals surface area contributed by atoms with Crippen LogP contribution in [0, 0.1) is 0 Å². The number of carbonyl (C=O) groups is 1. The molecule has 2 rings (SSSR count). The normalized spacial score (nSPS) is 17.5. The molecule has 0 aromatic heterocycles. The largest absolute Gasteiger partial charge is 0.500 e. The Balaban J connectivity index is 2.48. The molecule has 0 radical (unpaired) electrons. The number of benzene rings is 1. The van der Waals surface area contributed by atoms with Crippen molar-refractivity contribution in [3.63, 3.8) is 0 Å². The van der Waals surface area contributed by atoms with E-state index in [1.807, 2.05) is 24.3 Å². The molecule has 1 aromatic rings. The molecular weight excluding hydrogens is 180 g/mol. The van der Waals surface area contributed by atoms with Gasteiger partial charge >= 0.3 is 5.97 Å². The minimum atomic E-state index is -0.244. The van der Waals surface area contributed by atoms with Gasteiger partial charge in [0.2, 0.25) is 0 Å². The second kappa shape index (κ2) is 3.54. The second-order valence-electron chi connectivity index (χ2n) is 3.03. The zero-order valence-corrected chi connectivity index (χ0v) is 7.82. The van der Waals surface area contributed by atoms with E-state index in [4.69, 9.17) is 9.47 Å². The number of carbonyl (C=O) groups excluding carboxylic acids is 1. The minimum Gasteiger partial charge on any atom is -0.500 e. The van der Waals surface area contributed by atoms with Gasteiger partial charge in [-0.15, -0.1) is 0 Å². The molecule has 0 N–H and O–H groups in total. The lowest BCUT2D eigenvalue weighted by atomic mass is 10.0. The van der Waals surface area contributed by atoms with Crippen molar-refractivity contribution in [1.82, 2.24) is 0 Å². The lowest BCUT2D eigenvalue weighted by molar-refractivity contribution is -0.136. The monoisotopic (exact) mass is 190 g/mol. The van der Waals surface area contributed by atoms with Gasteiger partial charge in [-0.3, -0.25) is 4.79 Å². The van der Waals surface area contributed by atoms with E-state index in [0.717, 1.165) is 11.1 Å². The van der Waals surface area contributed by atoms with Gasteiger partial charge in [-0.25, -0.2) is 0 Å². The number of ether oxygens (including phenoxy) is 2. The molecule has 3 nitrogen and oxygen atoms in total. The van der Waals surface area contributed by atoms with Crippen LogP contribution < -0.4 is 0 Å². The molecule has 0 amide bonds. The summed E-state index contributed by atoms with van der Waals surface area (Å²) in [7, 11) is 1.53. The highest BCUT2D eigenvalue weighted by molar-refractivity contribution is 5.85. The van der Waals surface area contributed by atoms with Crippen LogP contribution in [0.2, 0.25) is 0 Å². The number of cyclic esters (lactones) is 1. The Bertz CT molecular complexity index is 393. The fourth-order valence-electron chi connectivity index (χ4n) is 1.48. The topological polar surface area (TPSA) is 35.5 Å². The van der Waals surface area contributed by atoms with Gasteiger partial charge in [-0.2, -0.15) is 0 Å². The van der Waals surface area contributed by atoms with Gasteiger partial charge in [0.15, 0.2) is 5.76 Å². The molecule has 1 aromatic carbocycles. The van der Waals surface area contributed by atoms with Crippen LogP contribution >= 0.6 is 0 Å². The van der Waals surface area contributed by atoms with Crippen molar-refractivity contribution in [2.24, 2.45) is 0 Å². The smallest absolute Gasteiger partial charge is 0.315 e. The molecule has 1 aliphatic heterocycles. The first kappa shape index (κ1) is 8.81. The Morgan fingerprint density at radius 3 is 3.00 bits per heavy atom. The molecule has 0 saturated carbocycles. The lowest BCUT2D eigenvalue weighted by Crippen LogP contribution is -2.15. The number of methoxy groups -OCH3 is 1. The predicted octanol–water partition coefficient (Wildman–Crippen LogP) is 1.73. The van der Waals surface area contributed by atoms with Crippen molar-refractivity contribution in [3.05, 3.63) is 41.7 Å². The molecule has 0 fully saturated rings. The maximum absolute atomic E-state index is 11.2. The summed E-state index contributed by atoms with van der Waals surface area (Å²) in [4.78, 5) is 11.2. The summed E-state index contributed by atoms with van der Waals surface area (Å²) in [6.07, 6.45) is 1.77. The predicted molar refractivity (Wildman–Crippen MR) is 51.2 cm³/mol. The van der Waals surface area contributed by atoms with Crippen LogP contribution in [0.25, 0.3) is 5.76 Å². The van der Waals surface area contributed by atoms with E-state index in [-0.39, 0.29) is 5.97 Å². The van der Waals surface area contributed by atoms with Crippen LogP contribution in [0.3, 0.4) is 0 Å². The van der Waals surface area contributed by atoms with Crippen molar-refractivity contribution < 1.29 is 14.3 Å². The molecule has 0 aliphatic carbocycles. The van der Waals surface area contributed by atoms with Crippen molar-refractivity contribution >= 4 is 11.7 Å². The molecular formula is C11H10O3. The average Bonchev–Trinajstić information content (AvgIpc) is 2.18. The van der Waals surface area contributed by atoms with Crippen molar-refractivity contribution in [2.75, 3.05) is 7.11 Å². The van der Waals surface area contributed by atoms with Gasteiger partial charge in [0.05, 0.1) is 13.5 Å². The van der Waals surface area contributed by atoms with E-state index in [9.17, 15) is 4.79 Å². The fraction of sp³-hybridized carbons (Fsp3) is 0.182. The standard InChI is InChI=1S/C11H10O3/c1-13-7-10-9-5-3-2-4-8(9)6-11(12)14-10/h2-5,7H,6H2,1H3/b10-7-. The van der Waals surface area contributed by atoms with Crippen LogP contribution in [-0.4, -0.2) is 13.1 Å². The Morgan fingerprint density at radius 2 is 2.21 bits per heavy atom. The first-order valence-electron chi connectivity index (χ1n) is 4.33. The first-order chi connectivity index (χ1) is 6.81. The van der Waals surface area contributed by atoms with E-state index >= 15 is 0 Å². The fourth-order valence-corrected chi connectivity index (χ4v) is 1.48. The molecule has 72 valence electrons. The summed E-state index contributed by atoms with van der Waals surface area (Å²) in [6, 6.07) is 7.63. The Labute approximate surface area is 81.9 Å². The van der Waals surface area contributed by atoms with E-state index in [2.05, 4.69) is 0 Å². The summed E-state index contributed by atoms with van der Waals surface area (Å²) in [6.45, 7) is 0. The number of hydrogen-bond acceptors (Lipinski definition) is 3.